The number of urea groups is 1. The molecule has 2 fully saturated rings. The summed E-state index contributed by atoms with van der Waals surface area (Å²) in [5.74, 6) is 0.0582. The summed E-state index contributed by atoms with van der Waals surface area (Å²) in [5, 5.41) is 4.19. The van der Waals surface area contributed by atoms with Gasteiger partial charge in [-0.05, 0) is 30.4 Å². The molecule has 4 rings (SSSR count). The minimum atomic E-state index is -0.337. The van der Waals surface area contributed by atoms with E-state index in [-0.39, 0.29) is 18.0 Å². The number of ether oxygens (including phenoxy) is 1. The van der Waals surface area contributed by atoms with Gasteiger partial charge in [-0.25, -0.2) is 4.79 Å². The molecule has 3 heterocycles. The fraction of sp³-hybridized carbons (Fsp3) is 0.474. The van der Waals surface area contributed by atoms with E-state index in [1.165, 1.54) is 10.1 Å². The number of likely N-dealkylation sites (tertiary alicyclic amines) is 1. The van der Waals surface area contributed by atoms with Crippen LogP contribution in [0.3, 0.4) is 0 Å². The second kappa shape index (κ2) is 7.63. The van der Waals surface area contributed by atoms with E-state index in [0.29, 0.717) is 39.4 Å². The first-order valence-electron chi connectivity index (χ1n) is 9.11. The van der Waals surface area contributed by atoms with Gasteiger partial charge in [0.15, 0.2) is 0 Å². The average molecular weight is 373 g/mol. The Morgan fingerprint density at radius 3 is 2.81 bits per heavy atom. The largest absolute Gasteiger partial charge is 0.378 e. The van der Waals surface area contributed by atoms with Gasteiger partial charge in [-0.2, -0.15) is 0 Å². The van der Waals surface area contributed by atoms with E-state index in [1.807, 2.05) is 17.0 Å². The molecule has 1 unspecified atom stereocenters. The molecule has 2 aliphatic rings. The lowest BCUT2D eigenvalue weighted by atomic mass is 10.2. The summed E-state index contributed by atoms with van der Waals surface area (Å²) in [4.78, 5) is 30.1. The monoisotopic (exact) mass is 373 g/mol. The SMILES string of the molecule is O=C(C1CCCN1C(=O)NCc1cc2ccccc2s1)N1CCOCC1. The molecule has 1 aromatic carbocycles. The lowest BCUT2D eigenvalue weighted by molar-refractivity contribution is -0.139. The normalized spacial score (nSPS) is 20.5. The fourth-order valence-corrected chi connectivity index (χ4v) is 4.65. The molecule has 0 bridgehead atoms. The molecule has 7 heteroatoms. The molecule has 2 saturated heterocycles. The van der Waals surface area contributed by atoms with Crippen LogP contribution in [-0.2, 0) is 16.1 Å². The zero-order valence-electron chi connectivity index (χ0n) is 14.6. The molecule has 3 amide bonds. The van der Waals surface area contributed by atoms with Gasteiger partial charge in [-0.1, -0.05) is 18.2 Å². The number of carbonyl (C=O) groups excluding carboxylic acids is 2. The van der Waals surface area contributed by atoms with Gasteiger partial charge in [0, 0.05) is 29.2 Å². The topological polar surface area (TPSA) is 61.9 Å². The van der Waals surface area contributed by atoms with Crippen LogP contribution in [0.15, 0.2) is 30.3 Å². The third-order valence-electron chi connectivity index (χ3n) is 5.01. The van der Waals surface area contributed by atoms with Gasteiger partial charge in [0.2, 0.25) is 5.91 Å². The first-order chi connectivity index (χ1) is 12.7. The van der Waals surface area contributed by atoms with Crippen LogP contribution in [0.5, 0.6) is 0 Å². The molecule has 1 aromatic heterocycles. The number of rotatable bonds is 3. The van der Waals surface area contributed by atoms with Crippen LogP contribution in [0.4, 0.5) is 4.79 Å². The Bertz CT molecular complexity index is 767. The van der Waals surface area contributed by atoms with Crippen LogP contribution in [0.1, 0.15) is 17.7 Å². The number of benzene rings is 1. The number of fused-ring (bicyclic) bond motifs is 1. The summed E-state index contributed by atoms with van der Waals surface area (Å²) in [5.41, 5.74) is 0. The molecule has 0 radical (unpaired) electrons. The van der Waals surface area contributed by atoms with E-state index in [0.717, 1.165) is 17.7 Å². The Morgan fingerprint density at radius 1 is 1.19 bits per heavy atom. The Labute approximate surface area is 156 Å². The summed E-state index contributed by atoms with van der Waals surface area (Å²) in [6.07, 6.45) is 1.61. The van der Waals surface area contributed by atoms with Crippen molar-refractivity contribution in [2.24, 2.45) is 0 Å². The Hall–Kier alpha value is -2.12. The molecule has 1 atom stereocenters. The Balaban J connectivity index is 1.37. The summed E-state index contributed by atoms with van der Waals surface area (Å²) < 4.78 is 6.53. The zero-order chi connectivity index (χ0) is 17.9. The van der Waals surface area contributed by atoms with Crippen LogP contribution in [0.2, 0.25) is 0 Å². The summed E-state index contributed by atoms with van der Waals surface area (Å²) in [6, 6.07) is 9.83. The Kier molecular flexibility index (Phi) is 5.08. The predicted molar refractivity (Wildman–Crippen MR) is 101 cm³/mol. The predicted octanol–water partition coefficient (Wildman–Crippen LogP) is 2.43. The van der Waals surface area contributed by atoms with Crippen LogP contribution in [-0.4, -0.2) is 60.6 Å². The maximum Gasteiger partial charge on any atom is 0.318 e. The van der Waals surface area contributed by atoms with Crippen molar-refractivity contribution in [1.29, 1.82) is 0 Å². The minimum Gasteiger partial charge on any atom is -0.378 e. The molecule has 2 aromatic rings. The Morgan fingerprint density at radius 2 is 2.00 bits per heavy atom. The molecule has 6 nitrogen and oxygen atoms in total. The molecule has 0 saturated carbocycles. The highest BCUT2D eigenvalue weighted by molar-refractivity contribution is 7.19. The van der Waals surface area contributed by atoms with Gasteiger partial charge in [-0.15, -0.1) is 11.3 Å². The number of thiophene rings is 1. The van der Waals surface area contributed by atoms with Crippen molar-refractivity contribution >= 4 is 33.4 Å². The smallest absolute Gasteiger partial charge is 0.318 e. The highest BCUT2D eigenvalue weighted by Crippen LogP contribution is 2.25. The number of nitrogens with zero attached hydrogens (tertiary/aromatic N) is 2. The van der Waals surface area contributed by atoms with Crippen molar-refractivity contribution in [3.05, 3.63) is 35.2 Å². The van der Waals surface area contributed by atoms with Gasteiger partial charge in [0.25, 0.3) is 0 Å². The molecule has 1 N–H and O–H groups in total. The van der Waals surface area contributed by atoms with E-state index >= 15 is 0 Å². The lowest BCUT2D eigenvalue weighted by Gasteiger charge is -2.32. The maximum atomic E-state index is 12.8. The van der Waals surface area contributed by atoms with Crippen LogP contribution in [0, 0.1) is 0 Å². The molecule has 0 spiro atoms. The average Bonchev–Trinajstić information content (AvgIpc) is 3.33. The van der Waals surface area contributed by atoms with Crippen LogP contribution < -0.4 is 5.32 Å². The first kappa shape index (κ1) is 17.3. The zero-order valence-corrected chi connectivity index (χ0v) is 15.5. The molecule has 138 valence electrons. The number of carbonyl (C=O) groups is 2. The third-order valence-corrected chi connectivity index (χ3v) is 6.13. The molecule has 2 aliphatic heterocycles. The van der Waals surface area contributed by atoms with E-state index in [4.69, 9.17) is 4.74 Å². The summed E-state index contributed by atoms with van der Waals surface area (Å²) >= 11 is 1.69. The summed E-state index contributed by atoms with van der Waals surface area (Å²) in [6.45, 7) is 3.53. The van der Waals surface area contributed by atoms with Gasteiger partial charge in [-0.3, -0.25) is 4.79 Å². The molecular weight excluding hydrogens is 350 g/mol. The van der Waals surface area contributed by atoms with Crippen molar-refractivity contribution in [2.45, 2.75) is 25.4 Å². The number of hydrogen-bond acceptors (Lipinski definition) is 4. The van der Waals surface area contributed by atoms with Gasteiger partial charge in [0.05, 0.1) is 19.8 Å². The molecule has 26 heavy (non-hydrogen) atoms. The molecule has 0 aliphatic carbocycles. The molecular formula is C19H23N3O3S. The van der Waals surface area contributed by atoms with Gasteiger partial charge >= 0.3 is 6.03 Å². The lowest BCUT2D eigenvalue weighted by Crippen LogP contribution is -2.52. The minimum absolute atomic E-state index is 0.0582. The second-order valence-electron chi connectivity index (χ2n) is 6.70. The van der Waals surface area contributed by atoms with Crippen molar-refractivity contribution in [3.63, 3.8) is 0 Å². The third kappa shape index (κ3) is 3.54. The highest BCUT2D eigenvalue weighted by Gasteiger charge is 2.36. The first-order valence-corrected chi connectivity index (χ1v) is 9.92. The number of nitrogens with one attached hydrogen (secondary N) is 1. The number of amides is 3. The van der Waals surface area contributed by atoms with E-state index in [2.05, 4.69) is 23.5 Å². The summed E-state index contributed by atoms with van der Waals surface area (Å²) in [7, 11) is 0. The quantitative estimate of drug-likeness (QED) is 0.899. The fourth-order valence-electron chi connectivity index (χ4n) is 3.65. The van der Waals surface area contributed by atoms with Crippen molar-refractivity contribution < 1.29 is 14.3 Å². The van der Waals surface area contributed by atoms with E-state index in [1.54, 1.807) is 16.2 Å². The van der Waals surface area contributed by atoms with Crippen molar-refractivity contribution in [3.8, 4) is 0 Å². The number of hydrogen-bond donors (Lipinski definition) is 1. The van der Waals surface area contributed by atoms with Crippen molar-refractivity contribution in [1.82, 2.24) is 15.1 Å². The van der Waals surface area contributed by atoms with Gasteiger partial charge in [0.1, 0.15) is 6.04 Å². The second-order valence-corrected chi connectivity index (χ2v) is 7.87. The van der Waals surface area contributed by atoms with Crippen LogP contribution >= 0.6 is 11.3 Å². The van der Waals surface area contributed by atoms with Crippen LogP contribution in [0.25, 0.3) is 10.1 Å². The standard InChI is InChI=1S/C19H23N3O3S/c23-18(21-8-10-25-11-9-21)16-5-3-7-22(16)19(24)20-13-15-12-14-4-1-2-6-17(14)26-15/h1-2,4,6,12,16H,3,5,7-11,13H2,(H,20,24). The van der Waals surface area contributed by atoms with E-state index in [9.17, 15) is 9.59 Å². The maximum absolute atomic E-state index is 12.8. The van der Waals surface area contributed by atoms with E-state index < -0.39 is 0 Å². The van der Waals surface area contributed by atoms with Gasteiger partial charge < -0.3 is 19.9 Å². The number of morpholine rings is 1. The highest BCUT2D eigenvalue weighted by atomic mass is 32.1. The van der Waals surface area contributed by atoms with Crippen molar-refractivity contribution in [2.75, 3.05) is 32.8 Å².